The zero-order valence-electron chi connectivity index (χ0n) is 10.7. The number of hydrogen-bond donors (Lipinski definition) is 2. The fourth-order valence-electron chi connectivity index (χ4n) is 1.91. The van der Waals surface area contributed by atoms with E-state index in [-0.39, 0.29) is 18.7 Å². The number of fused-ring (bicyclic) bond motifs is 1. The fourth-order valence-corrected chi connectivity index (χ4v) is 1.91. The van der Waals surface area contributed by atoms with E-state index in [1.54, 1.807) is 0 Å². The third-order valence-electron chi connectivity index (χ3n) is 2.86. The van der Waals surface area contributed by atoms with Crippen molar-refractivity contribution in [2.75, 3.05) is 0 Å². The van der Waals surface area contributed by atoms with Gasteiger partial charge in [0.1, 0.15) is 0 Å². The Kier molecular flexibility index (Phi) is 3.85. The first-order valence-corrected chi connectivity index (χ1v) is 6.09. The Bertz CT molecular complexity index is 616. The van der Waals surface area contributed by atoms with Crippen LogP contribution in [0.1, 0.15) is 24.1 Å². The molecule has 2 rings (SSSR count). The summed E-state index contributed by atoms with van der Waals surface area (Å²) < 4.78 is 0. The van der Waals surface area contributed by atoms with Gasteiger partial charge in [0.25, 0.3) is 0 Å². The SMILES string of the molecule is Cc1ccc2[nH]c(CNC(=O)CCC(=O)[O-])cc2c1. The molecule has 2 N–H and O–H groups in total. The smallest absolute Gasteiger partial charge is 0.220 e. The Morgan fingerprint density at radius 2 is 2.05 bits per heavy atom. The molecule has 5 heteroatoms. The molecule has 1 aromatic heterocycles. The number of carboxylic acids is 1. The third-order valence-corrected chi connectivity index (χ3v) is 2.86. The fraction of sp³-hybridized carbons (Fsp3) is 0.286. The van der Waals surface area contributed by atoms with Crippen LogP contribution in [0.4, 0.5) is 0 Å². The van der Waals surface area contributed by atoms with E-state index in [1.165, 1.54) is 5.56 Å². The van der Waals surface area contributed by atoms with Crippen LogP contribution in [-0.2, 0) is 16.1 Å². The number of benzene rings is 1. The zero-order valence-corrected chi connectivity index (χ0v) is 10.7. The number of aromatic amines is 1. The largest absolute Gasteiger partial charge is 0.550 e. The standard InChI is InChI=1S/C14H16N2O3/c1-9-2-3-12-10(6-9)7-11(16-12)8-15-13(17)4-5-14(18)19/h2-3,6-7,16H,4-5,8H2,1H3,(H,15,17)(H,18,19)/p-1. The van der Waals surface area contributed by atoms with Crippen LogP contribution in [0.3, 0.4) is 0 Å². The van der Waals surface area contributed by atoms with E-state index in [2.05, 4.69) is 16.4 Å². The minimum absolute atomic E-state index is 0.0539. The Hall–Kier alpha value is -2.30. The molecular formula is C14H15N2O3-. The van der Waals surface area contributed by atoms with E-state index < -0.39 is 5.97 Å². The van der Waals surface area contributed by atoms with E-state index in [9.17, 15) is 14.7 Å². The number of aromatic nitrogens is 1. The lowest BCUT2D eigenvalue weighted by molar-refractivity contribution is -0.305. The highest BCUT2D eigenvalue weighted by atomic mass is 16.4. The van der Waals surface area contributed by atoms with E-state index in [0.717, 1.165) is 16.6 Å². The van der Waals surface area contributed by atoms with Gasteiger partial charge >= 0.3 is 0 Å². The molecule has 100 valence electrons. The summed E-state index contributed by atoms with van der Waals surface area (Å²) >= 11 is 0. The third kappa shape index (κ3) is 3.58. The van der Waals surface area contributed by atoms with Gasteiger partial charge in [0.05, 0.1) is 6.54 Å². The molecule has 0 aliphatic carbocycles. The number of carbonyl (C=O) groups excluding carboxylic acids is 2. The van der Waals surface area contributed by atoms with Crippen LogP contribution in [0, 0.1) is 6.92 Å². The molecule has 1 heterocycles. The van der Waals surface area contributed by atoms with Crippen molar-refractivity contribution in [2.24, 2.45) is 0 Å². The van der Waals surface area contributed by atoms with Crippen LogP contribution in [0.25, 0.3) is 10.9 Å². The molecule has 0 unspecified atom stereocenters. The number of H-pyrrole nitrogens is 1. The van der Waals surface area contributed by atoms with Gasteiger partial charge in [-0.05, 0) is 36.9 Å². The first kappa shape index (κ1) is 13.1. The molecule has 1 aromatic carbocycles. The maximum atomic E-state index is 11.4. The van der Waals surface area contributed by atoms with E-state index >= 15 is 0 Å². The minimum atomic E-state index is -1.21. The van der Waals surface area contributed by atoms with Gasteiger partial charge in [-0.25, -0.2) is 0 Å². The maximum Gasteiger partial charge on any atom is 0.220 e. The normalized spacial score (nSPS) is 10.6. The highest BCUT2D eigenvalue weighted by molar-refractivity contribution is 5.82. The molecule has 19 heavy (non-hydrogen) atoms. The topological polar surface area (TPSA) is 85.0 Å². The van der Waals surface area contributed by atoms with Crippen LogP contribution < -0.4 is 10.4 Å². The molecule has 5 nitrogen and oxygen atoms in total. The first-order chi connectivity index (χ1) is 9.04. The lowest BCUT2D eigenvalue weighted by Crippen LogP contribution is -2.27. The summed E-state index contributed by atoms with van der Waals surface area (Å²) in [6.07, 6.45) is -0.306. The van der Waals surface area contributed by atoms with Crippen molar-refractivity contribution in [3.63, 3.8) is 0 Å². The Morgan fingerprint density at radius 1 is 1.26 bits per heavy atom. The van der Waals surface area contributed by atoms with Crippen molar-refractivity contribution in [3.8, 4) is 0 Å². The van der Waals surface area contributed by atoms with Crippen LogP contribution in [0.2, 0.25) is 0 Å². The Morgan fingerprint density at radius 3 is 2.79 bits per heavy atom. The van der Waals surface area contributed by atoms with Crippen molar-refractivity contribution in [2.45, 2.75) is 26.3 Å². The van der Waals surface area contributed by atoms with E-state index in [0.29, 0.717) is 6.54 Å². The summed E-state index contributed by atoms with van der Waals surface area (Å²) in [5, 5.41) is 14.0. The number of amides is 1. The summed E-state index contributed by atoms with van der Waals surface area (Å²) in [4.78, 5) is 24.8. The van der Waals surface area contributed by atoms with Gasteiger partial charge in [-0.15, -0.1) is 0 Å². The van der Waals surface area contributed by atoms with Gasteiger partial charge in [-0.2, -0.15) is 0 Å². The van der Waals surface area contributed by atoms with Crippen LogP contribution in [-0.4, -0.2) is 16.9 Å². The predicted molar refractivity (Wildman–Crippen MR) is 69.1 cm³/mol. The molecule has 0 spiro atoms. The van der Waals surface area contributed by atoms with Crippen molar-refractivity contribution < 1.29 is 14.7 Å². The zero-order chi connectivity index (χ0) is 13.8. The molecule has 0 atom stereocenters. The average molecular weight is 259 g/mol. The van der Waals surface area contributed by atoms with Crippen molar-refractivity contribution >= 4 is 22.8 Å². The molecule has 0 aliphatic heterocycles. The number of carboxylic acid groups (broad SMARTS) is 1. The second kappa shape index (κ2) is 5.56. The average Bonchev–Trinajstić information content (AvgIpc) is 2.75. The van der Waals surface area contributed by atoms with Gasteiger partial charge in [-0.3, -0.25) is 4.79 Å². The maximum absolute atomic E-state index is 11.4. The molecule has 0 aliphatic rings. The molecule has 0 saturated heterocycles. The number of aliphatic carboxylic acids is 1. The Labute approximate surface area is 110 Å². The van der Waals surface area contributed by atoms with Crippen molar-refractivity contribution in [1.29, 1.82) is 0 Å². The van der Waals surface area contributed by atoms with Gasteiger partial charge in [0, 0.05) is 23.6 Å². The summed E-state index contributed by atoms with van der Waals surface area (Å²) in [5.41, 5.74) is 3.09. The van der Waals surface area contributed by atoms with Gasteiger partial charge in [-0.1, -0.05) is 11.6 Å². The van der Waals surface area contributed by atoms with Crippen LogP contribution >= 0.6 is 0 Å². The molecular weight excluding hydrogens is 244 g/mol. The summed E-state index contributed by atoms with van der Waals surface area (Å²) in [5.74, 6) is -1.50. The Balaban J connectivity index is 1.94. The van der Waals surface area contributed by atoms with E-state index in [1.807, 2.05) is 25.1 Å². The molecule has 2 aromatic rings. The van der Waals surface area contributed by atoms with Crippen molar-refractivity contribution in [1.82, 2.24) is 10.3 Å². The second-order valence-electron chi connectivity index (χ2n) is 4.53. The lowest BCUT2D eigenvalue weighted by atomic mass is 10.2. The van der Waals surface area contributed by atoms with Gasteiger partial charge in [0.2, 0.25) is 5.91 Å². The van der Waals surface area contributed by atoms with Crippen molar-refractivity contribution in [3.05, 3.63) is 35.5 Å². The molecule has 0 saturated carbocycles. The minimum Gasteiger partial charge on any atom is -0.550 e. The van der Waals surface area contributed by atoms with Gasteiger partial charge < -0.3 is 20.2 Å². The van der Waals surface area contributed by atoms with E-state index in [4.69, 9.17) is 0 Å². The highest BCUT2D eigenvalue weighted by Crippen LogP contribution is 2.16. The molecule has 1 amide bonds. The van der Waals surface area contributed by atoms with Crippen LogP contribution in [0.5, 0.6) is 0 Å². The summed E-state index contributed by atoms with van der Waals surface area (Å²) in [6.45, 7) is 2.38. The van der Waals surface area contributed by atoms with Gasteiger partial charge in [0.15, 0.2) is 0 Å². The summed E-state index contributed by atoms with van der Waals surface area (Å²) in [7, 11) is 0. The second-order valence-corrected chi connectivity index (χ2v) is 4.53. The lowest BCUT2D eigenvalue weighted by Gasteiger charge is -2.04. The highest BCUT2D eigenvalue weighted by Gasteiger charge is 2.04. The quantitative estimate of drug-likeness (QED) is 0.825. The molecule has 0 radical (unpaired) electrons. The number of carbonyl (C=O) groups is 2. The number of aryl methyl sites for hydroxylation is 1. The molecule has 0 bridgehead atoms. The monoisotopic (exact) mass is 259 g/mol. The number of nitrogens with one attached hydrogen (secondary N) is 2. The van der Waals surface area contributed by atoms with Crippen LogP contribution in [0.15, 0.2) is 24.3 Å². The molecule has 0 fully saturated rings. The number of hydrogen-bond acceptors (Lipinski definition) is 3. The first-order valence-electron chi connectivity index (χ1n) is 6.09. The predicted octanol–water partition coefficient (Wildman–Crippen LogP) is 0.623. The summed E-state index contributed by atoms with van der Waals surface area (Å²) in [6, 6.07) is 8.04. The number of rotatable bonds is 5.